The molecular formula is C22H20O6S. The van der Waals surface area contributed by atoms with Crippen LogP contribution >= 0.6 is 11.8 Å². The summed E-state index contributed by atoms with van der Waals surface area (Å²) in [5.74, 6) is -1.25. The second-order valence-electron chi connectivity index (χ2n) is 7.28. The molecule has 1 atom stereocenters. The largest absolute Gasteiger partial charge is 0.507 e. The molecule has 150 valence electrons. The van der Waals surface area contributed by atoms with E-state index >= 15 is 0 Å². The zero-order valence-corrected chi connectivity index (χ0v) is 16.9. The van der Waals surface area contributed by atoms with Gasteiger partial charge in [0.1, 0.15) is 23.0 Å². The van der Waals surface area contributed by atoms with Gasteiger partial charge in [-0.3, -0.25) is 14.4 Å². The lowest BCUT2D eigenvalue weighted by molar-refractivity contribution is -0.120. The molecule has 4 rings (SSSR count). The van der Waals surface area contributed by atoms with Gasteiger partial charge < -0.3 is 14.9 Å². The number of thioether (sulfide) groups is 1. The Kier molecular flexibility index (Phi) is 4.86. The van der Waals surface area contributed by atoms with Crippen molar-refractivity contribution in [3.8, 4) is 17.2 Å². The second kappa shape index (κ2) is 7.22. The maximum Gasteiger partial charge on any atom is 0.202 e. The highest BCUT2D eigenvalue weighted by atomic mass is 32.2. The Balaban J connectivity index is 1.90. The summed E-state index contributed by atoms with van der Waals surface area (Å²) >= 11 is 1.44. The number of rotatable bonds is 4. The number of carbonyl (C=O) groups excluding carboxylic acids is 3. The normalized spacial score (nSPS) is 17.4. The van der Waals surface area contributed by atoms with Crippen molar-refractivity contribution in [1.29, 1.82) is 0 Å². The van der Waals surface area contributed by atoms with Crippen molar-refractivity contribution < 1.29 is 29.3 Å². The van der Waals surface area contributed by atoms with E-state index in [9.17, 15) is 24.6 Å². The van der Waals surface area contributed by atoms with Gasteiger partial charge in [-0.25, -0.2) is 0 Å². The van der Waals surface area contributed by atoms with E-state index in [-0.39, 0.29) is 57.6 Å². The van der Waals surface area contributed by atoms with E-state index in [2.05, 4.69) is 0 Å². The average Bonchev–Trinajstić information content (AvgIpc) is 2.73. The third-order valence-electron chi connectivity index (χ3n) is 5.77. The first-order valence-corrected chi connectivity index (χ1v) is 10.7. The van der Waals surface area contributed by atoms with Crippen LogP contribution in [0.15, 0.2) is 18.2 Å². The summed E-state index contributed by atoms with van der Waals surface area (Å²) in [7, 11) is 1.40. The van der Waals surface area contributed by atoms with Gasteiger partial charge in [-0.15, -0.1) is 0 Å². The van der Waals surface area contributed by atoms with Crippen LogP contribution in [0.3, 0.4) is 0 Å². The van der Waals surface area contributed by atoms with Crippen molar-refractivity contribution in [2.75, 3.05) is 19.1 Å². The fourth-order valence-electron chi connectivity index (χ4n) is 4.34. The summed E-state index contributed by atoms with van der Waals surface area (Å²) < 4.78 is 5.24. The van der Waals surface area contributed by atoms with E-state index in [1.807, 2.05) is 6.26 Å². The summed E-state index contributed by atoms with van der Waals surface area (Å²) in [5.41, 5.74) is 0.670. The summed E-state index contributed by atoms with van der Waals surface area (Å²) in [6, 6.07) is 4.67. The number of Topliss-reactive ketones (excluding diaryl/α,β-unsaturated/α-hetero) is 1. The van der Waals surface area contributed by atoms with Crippen LogP contribution in [-0.4, -0.2) is 46.7 Å². The van der Waals surface area contributed by atoms with Crippen molar-refractivity contribution in [2.45, 2.75) is 19.3 Å². The molecule has 7 heteroatoms. The summed E-state index contributed by atoms with van der Waals surface area (Å²) in [6.45, 7) is 0. The van der Waals surface area contributed by atoms with Gasteiger partial charge in [0, 0.05) is 22.6 Å². The van der Waals surface area contributed by atoms with E-state index in [0.29, 0.717) is 29.7 Å². The molecule has 2 aliphatic carbocycles. The number of ether oxygens (including phenoxy) is 1. The van der Waals surface area contributed by atoms with Crippen LogP contribution in [-0.2, 0) is 17.6 Å². The van der Waals surface area contributed by atoms with E-state index < -0.39 is 11.6 Å². The minimum absolute atomic E-state index is 0.0808. The second-order valence-corrected chi connectivity index (χ2v) is 8.15. The Morgan fingerprint density at radius 3 is 2.48 bits per heavy atom. The van der Waals surface area contributed by atoms with Crippen molar-refractivity contribution in [1.82, 2.24) is 0 Å². The van der Waals surface area contributed by atoms with Crippen molar-refractivity contribution in [3.63, 3.8) is 0 Å². The molecule has 0 bridgehead atoms. The molecule has 2 aromatic carbocycles. The third-order valence-corrected chi connectivity index (χ3v) is 6.34. The van der Waals surface area contributed by atoms with Gasteiger partial charge >= 0.3 is 0 Å². The highest BCUT2D eigenvalue weighted by Crippen LogP contribution is 2.47. The number of phenols is 2. The number of hydrogen-bond donors (Lipinski definition) is 2. The Bertz CT molecular complexity index is 1070. The van der Waals surface area contributed by atoms with Gasteiger partial charge in [-0.1, -0.05) is 12.1 Å². The summed E-state index contributed by atoms with van der Waals surface area (Å²) in [6.07, 6.45) is 2.98. The lowest BCUT2D eigenvalue weighted by atomic mass is 9.75. The minimum atomic E-state index is -0.553. The fraction of sp³-hybridized carbons (Fsp3) is 0.318. The maximum absolute atomic E-state index is 13.2. The lowest BCUT2D eigenvalue weighted by Gasteiger charge is -2.29. The average molecular weight is 412 g/mol. The molecule has 2 N–H and O–H groups in total. The molecule has 0 saturated heterocycles. The molecular weight excluding hydrogens is 392 g/mol. The van der Waals surface area contributed by atoms with Crippen LogP contribution in [0, 0.1) is 5.92 Å². The van der Waals surface area contributed by atoms with Crippen molar-refractivity contribution in [3.05, 3.63) is 51.6 Å². The molecule has 0 amide bonds. The van der Waals surface area contributed by atoms with E-state index in [0.717, 1.165) is 0 Å². The van der Waals surface area contributed by atoms with Gasteiger partial charge in [-0.2, -0.15) is 11.8 Å². The lowest BCUT2D eigenvalue weighted by Crippen LogP contribution is -2.27. The number of phenolic OH excluding ortho intramolecular Hbond substituents is 2. The smallest absolute Gasteiger partial charge is 0.202 e. The van der Waals surface area contributed by atoms with Gasteiger partial charge in [-0.05, 0) is 31.6 Å². The van der Waals surface area contributed by atoms with Crippen LogP contribution < -0.4 is 4.74 Å². The Hall–Kier alpha value is -2.80. The first-order valence-electron chi connectivity index (χ1n) is 9.28. The van der Waals surface area contributed by atoms with Crippen LogP contribution in [0.4, 0.5) is 0 Å². The third kappa shape index (κ3) is 2.83. The number of hydrogen-bond acceptors (Lipinski definition) is 7. The number of fused-ring (bicyclic) bond motifs is 3. The van der Waals surface area contributed by atoms with E-state index in [4.69, 9.17) is 4.74 Å². The highest BCUT2D eigenvalue weighted by Gasteiger charge is 2.40. The number of carbonyl (C=O) groups is 3. The molecule has 2 aliphatic rings. The number of methoxy groups -OCH3 is 1. The predicted molar refractivity (Wildman–Crippen MR) is 109 cm³/mol. The van der Waals surface area contributed by atoms with Crippen molar-refractivity contribution in [2.24, 2.45) is 5.92 Å². The van der Waals surface area contributed by atoms with Crippen molar-refractivity contribution >= 4 is 29.1 Å². The minimum Gasteiger partial charge on any atom is -0.507 e. The number of ketones is 3. The Morgan fingerprint density at radius 1 is 1.10 bits per heavy atom. The van der Waals surface area contributed by atoms with Gasteiger partial charge in [0.25, 0.3) is 0 Å². The molecule has 0 unspecified atom stereocenters. The zero-order chi connectivity index (χ0) is 20.9. The molecule has 0 radical (unpaired) electrons. The highest BCUT2D eigenvalue weighted by molar-refractivity contribution is 7.99. The van der Waals surface area contributed by atoms with Crippen LogP contribution in [0.1, 0.15) is 49.4 Å². The van der Waals surface area contributed by atoms with Gasteiger partial charge in [0.2, 0.25) is 5.78 Å². The zero-order valence-electron chi connectivity index (χ0n) is 16.1. The molecule has 0 spiro atoms. The number of aromatic hydroxyl groups is 2. The standard InChI is InChI=1S/C22H20O6S/c1-28-15-5-3-4-12-16(15)22(27)18-17(20(12)25)21(26)13-8-10(14(23)9-29-2)6-7-11(13)19(18)24/h3-5,10,24,26H,6-9H2,1-2H3/t10-/m0/s1. The van der Waals surface area contributed by atoms with Crippen LogP contribution in [0.2, 0.25) is 0 Å². The molecule has 29 heavy (non-hydrogen) atoms. The molecule has 0 saturated carbocycles. The SMILES string of the molecule is COc1cccc2c1C(=O)c1c(O)c3c(c(O)c1C2=O)C[C@@H](C(=O)CSC)CC3. The topological polar surface area (TPSA) is 101 Å². The fourth-order valence-corrected chi connectivity index (χ4v) is 4.86. The molecule has 0 aliphatic heterocycles. The Morgan fingerprint density at radius 2 is 1.79 bits per heavy atom. The molecule has 0 fully saturated rings. The monoisotopic (exact) mass is 412 g/mol. The van der Waals surface area contributed by atoms with Gasteiger partial charge in [0.05, 0.1) is 29.6 Å². The molecule has 6 nitrogen and oxygen atoms in total. The van der Waals surface area contributed by atoms with Crippen LogP contribution in [0.25, 0.3) is 0 Å². The van der Waals surface area contributed by atoms with E-state index in [1.54, 1.807) is 12.1 Å². The summed E-state index contributed by atoms with van der Waals surface area (Å²) in [4.78, 5) is 38.7. The van der Waals surface area contributed by atoms with Gasteiger partial charge in [0.15, 0.2) is 5.78 Å². The van der Waals surface area contributed by atoms with Crippen LogP contribution in [0.5, 0.6) is 17.2 Å². The predicted octanol–water partition coefficient (Wildman–Crippen LogP) is 2.92. The number of benzene rings is 2. The molecule has 0 heterocycles. The first kappa shape index (κ1) is 19.5. The molecule has 2 aromatic rings. The molecule has 0 aromatic heterocycles. The first-order chi connectivity index (χ1) is 13.9. The summed E-state index contributed by atoms with van der Waals surface area (Å²) in [5, 5.41) is 21.8. The van der Waals surface area contributed by atoms with E-state index in [1.165, 1.54) is 24.9 Å². The quantitative estimate of drug-likeness (QED) is 0.636. The maximum atomic E-state index is 13.2. The Labute approximate surface area is 171 Å².